The van der Waals surface area contributed by atoms with E-state index in [1.807, 2.05) is 0 Å². The van der Waals surface area contributed by atoms with E-state index in [1.165, 1.54) is 63.5 Å². The molecule has 23 heavy (non-hydrogen) atoms. The average molecular weight is 322 g/mol. The van der Waals surface area contributed by atoms with Gasteiger partial charge in [0.2, 0.25) is 0 Å². The highest BCUT2D eigenvalue weighted by molar-refractivity contribution is 5.96. The molecular formula is C20H34O3. The van der Waals surface area contributed by atoms with Crippen LogP contribution in [0, 0.1) is 0 Å². The van der Waals surface area contributed by atoms with Gasteiger partial charge in [0.25, 0.3) is 0 Å². The third-order valence-electron chi connectivity index (χ3n) is 3.66. The van der Waals surface area contributed by atoms with Crippen molar-refractivity contribution in [1.82, 2.24) is 0 Å². The second-order valence-electron chi connectivity index (χ2n) is 5.95. The molecule has 0 saturated heterocycles. The first kappa shape index (κ1) is 21.6. The van der Waals surface area contributed by atoms with Crippen LogP contribution in [0.1, 0.15) is 90.9 Å². The Hall–Kier alpha value is -1.38. The van der Waals surface area contributed by atoms with Gasteiger partial charge in [-0.1, -0.05) is 77.4 Å². The lowest BCUT2D eigenvalue weighted by Crippen LogP contribution is -2.06. The molecule has 0 amide bonds. The average Bonchev–Trinajstić information content (AvgIpc) is 2.53. The van der Waals surface area contributed by atoms with Gasteiger partial charge in [-0.15, -0.1) is 0 Å². The highest BCUT2D eigenvalue weighted by Gasteiger charge is 2.02. The fraction of sp³-hybridized carbons (Fsp3) is 0.700. The molecular weight excluding hydrogens is 288 g/mol. The molecule has 0 aromatic heterocycles. The summed E-state index contributed by atoms with van der Waals surface area (Å²) in [5, 5.41) is 0. The molecule has 132 valence electrons. The second-order valence-corrected chi connectivity index (χ2v) is 5.95. The molecule has 3 nitrogen and oxygen atoms in total. The van der Waals surface area contributed by atoms with E-state index >= 15 is 0 Å². The number of ether oxygens (including phenoxy) is 1. The number of allylic oxidation sites excluding steroid dienone is 2. The fourth-order valence-electron chi connectivity index (χ4n) is 2.26. The molecule has 0 aliphatic rings. The fourth-order valence-corrected chi connectivity index (χ4v) is 2.26. The minimum atomic E-state index is -0.573. The third-order valence-corrected chi connectivity index (χ3v) is 3.66. The maximum absolute atomic E-state index is 11.4. The molecule has 0 fully saturated rings. The number of unbranched alkanes of at least 4 members (excludes halogenated alkanes) is 10. The van der Waals surface area contributed by atoms with Crippen molar-refractivity contribution in [3.05, 3.63) is 24.3 Å². The smallest absolute Gasteiger partial charge is 0.338 e. The maximum atomic E-state index is 11.4. The van der Waals surface area contributed by atoms with Crippen molar-refractivity contribution in [1.29, 1.82) is 0 Å². The minimum Gasteiger partial charge on any atom is -0.387 e. The van der Waals surface area contributed by atoms with Gasteiger partial charge in [0.1, 0.15) is 0 Å². The standard InChI is InChI=1S/C20H34O3/c1-3-5-7-9-11-13-15-17-19(21)23-20(22)18-16-14-12-10-8-6-4-2/h15-18H,3-14H2,1-2H3. The van der Waals surface area contributed by atoms with E-state index in [0.717, 1.165) is 25.7 Å². The van der Waals surface area contributed by atoms with Crippen LogP contribution in [0.25, 0.3) is 0 Å². The lowest BCUT2D eigenvalue weighted by Gasteiger charge is -1.97. The van der Waals surface area contributed by atoms with Crippen LogP contribution in [0.15, 0.2) is 24.3 Å². The normalized spacial score (nSPS) is 11.4. The molecule has 0 atom stereocenters. The highest BCUT2D eigenvalue weighted by atomic mass is 16.6. The summed E-state index contributed by atoms with van der Waals surface area (Å²) in [6.45, 7) is 4.38. The van der Waals surface area contributed by atoms with Crippen LogP contribution >= 0.6 is 0 Å². The van der Waals surface area contributed by atoms with Gasteiger partial charge in [0.15, 0.2) is 0 Å². The Labute approximate surface area is 142 Å². The third kappa shape index (κ3) is 16.8. The lowest BCUT2D eigenvalue weighted by atomic mass is 10.1. The molecule has 0 unspecified atom stereocenters. The van der Waals surface area contributed by atoms with Crippen LogP contribution < -0.4 is 0 Å². The molecule has 0 heterocycles. The quantitative estimate of drug-likeness (QED) is 0.173. The molecule has 0 aliphatic carbocycles. The summed E-state index contributed by atoms with van der Waals surface area (Å²) in [5.41, 5.74) is 0. The topological polar surface area (TPSA) is 43.4 Å². The number of hydrogen-bond acceptors (Lipinski definition) is 3. The molecule has 0 spiro atoms. The summed E-state index contributed by atoms with van der Waals surface area (Å²) in [6, 6.07) is 0. The molecule has 0 N–H and O–H groups in total. The van der Waals surface area contributed by atoms with Gasteiger partial charge in [-0.25, -0.2) is 9.59 Å². The van der Waals surface area contributed by atoms with Crippen molar-refractivity contribution in [2.45, 2.75) is 90.9 Å². The zero-order valence-electron chi connectivity index (χ0n) is 15.0. The van der Waals surface area contributed by atoms with E-state index in [2.05, 4.69) is 18.6 Å². The van der Waals surface area contributed by atoms with Crippen molar-refractivity contribution in [2.24, 2.45) is 0 Å². The van der Waals surface area contributed by atoms with E-state index in [4.69, 9.17) is 0 Å². The maximum Gasteiger partial charge on any atom is 0.338 e. The number of hydrogen-bond donors (Lipinski definition) is 0. The van der Waals surface area contributed by atoms with Crippen LogP contribution in [-0.4, -0.2) is 11.9 Å². The van der Waals surface area contributed by atoms with Gasteiger partial charge in [-0.05, 0) is 25.7 Å². The predicted molar refractivity (Wildman–Crippen MR) is 96.1 cm³/mol. The summed E-state index contributed by atoms with van der Waals surface area (Å²) in [5.74, 6) is -1.15. The van der Waals surface area contributed by atoms with Crippen molar-refractivity contribution >= 4 is 11.9 Å². The Morgan fingerprint density at radius 3 is 1.43 bits per heavy atom. The first-order valence-corrected chi connectivity index (χ1v) is 9.29. The van der Waals surface area contributed by atoms with Crippen LogP contribution in [-0.2, 0) is 14.3 Å². The first-order valence-electron chi connectivity index (χ1n) is 9.29. The molecule has 0 aliphatic heterocycles. The molecule has 0 radical (unpaired) electrons. The first-order chi connectivity index (χ1) is 11.2. The largest absolute Gasteiger partial charge is 0.387 e. The van der Waals surface area contributed by atoms with Gasteiger partial charge < -0.3 is 4.74 Å². The second kappa shape index (κ2) is 17.0. The zero-order chi connectivity index (χ0) is 17.2. The number of carbonyl (C=O) groups excluding carboxylic acids is 2. The van der Waals surface area contributed by atoms with E-state index < -0.39 is 11.9 Å². The van der Waals surface area contributed by atoms with Gasteiger partial charge in [-0.2, -0.15) is 0 Å². The Morgan fingerprint density at radius 2 is 1.04 bits per heavy atom. The molecule has 0 rings (SSSR count). The van der Waals surface area contributed by atoms with E-state index in [1.54, 1.807) is 12.2 Å². The van der Waals surface area contributed by atoms with Gasteiger partial charge in [0.05, 0.1) is 0 Å². The monoisotopic (exact) mass is 322 g/mol. The van der Waals surface area contributed by atoms with Gasteiger partial charge in [-0.3, -0.25) is 0 Å². The summed E-state index contributed by atoms with van der Waals surface area (Å²) in [7, 11) is 0. The number of carbonyl (C=O) groups is 2. The van der Waals surface area contributed by atoms with E-state index in [0.29, 0.717) is 0 Å². The Bertz CT molecular complexity index is 322. The lowest BCUT2D eigenvalue weighted by molar-refractivity contribution is -0.152. The van der Waals surface area contributed by atoms with Crippen LogP contribution in [0.3, 0.4) is 0 Å². The number of rotatable bonds is 14. The minimum absolute atomic E-state index is 0.573. The van der Waals surface area contributed by atoms with Crippen molar-refractivity contribution in [3.8, 4) is 0 Å². The van der Waals surface area contributed by atoms with Gasteiger partial charge >= 0.3 is 11.9 Å². The Kier molecular flexibility index (Phi) is 16.0. The van der Waals surface area contributed by atoms with E-state index in [-0.39, 0.29) is 0 Å². The van der Waals surface area contributed by atoms with Crippen molar-refractivity contribution in [3.63, 3.8) is 0 Å². The highest BCUT2D eigenvalue weighted by Crippen LogP contribution is 2.06. The SMILES string of the molecule is CCCCCCCC=CC(=O)OC(=O)C=CCCCCCCC. The molecule has 0 bridgehead atoms. The summed E-state index contributed by atoms with van der Waals surface area (Å²) >= 11 is 0. The van der Waals surface area contributed by atoms with Crippen LogP contribution in [0.4, 0.5) is 0 Å². The van der Waals surface area contributed by atoms with E-state index in [9.17, 15) is 9.59 Å². The summed E-state index contributed by atoms with van der Waals surface area (Å²) < 4.78 is 4.69. The van der Waals surface area contributed by atoms with Crippen molar-refractivity contribution in [2.75, 3.05) is 0 Å². The molecule has 0 aromatic rings. The van der Waals surface area contributed by atoms with Crippen LogP contribution in [0.5, 0.6) is 0 Å². The Morgan fingerprint density at radius 1 is 0.652 bits per heavy atom. The zero-order valence-corrected chi connectivity index (χ0v) is 15.0. The summed E-state index contributed by atoms with van der Waals surface area (Å²) in [6.07, 6.45) is 20.0. The molecule has 3 heteroatoms. The molecule has 0 aromatic carbocycles. The predicted octanol–water partition coefficient (Wildman–Crippen LogP) is 5.89. The van der Waals surface area contributed by atoms with Crippen molar-refractivity contribution < 1.29 is 14.3 Å². The Balaban J connectivity index is 3.62. The molecule has 0 saturated carbocycles. The number of esters is 2. The van der Waals surface area contributed by atoms with Gasteiger partial charge in [0, 0.05) is 12.2 Å². The summed E-state index contributed by atoms with van der Waals surface area (Å²) in [4.78, 5) is 22.9. The van der Waals surface area contributed by atoms with Crippen LogP contribution in [0.2, 0.25) is 0 Å².